The van der Waals surface area contributed by atoms with Crippen molar-refractivity contribution in [3.8, 4) is 5.75 Å². The van der Waals surface area contributed by atoms with Gasteiger partial charge < -0.3 is 19.9 Å². The lowest BCUT2D eigenvalue weighted by molar-refractivity contribution is -0.135. The number of hydrogen-bond donors (Lipinski definition) is 1. The van der Waals surface area contributed by atoms with E-state index in [1.165, 1.54) is 0 Å². The third kappa shape index (κ3) is 7.10. The molecule has 1 aromatic rings. The fourth-order valence-electron chi connectivity index (χ4n) is 4.19. The maximum Gasteiger partial charge on any atom is 0.239 e. The predicted octanol–water partition coefficient (Wildman–Crippen LogP) is 2.96. The summed E-state index contributed by atoms with van der Waals surface area (Å²) in [6.45, 7) is 15.0. The number of hydrogen-bond acceptors (Lipinski definition) is 4. The van der Waals surface area contributed by atoms with Gasteiger partial charge in [0.15, 0.2) is 5.96 Å². The van der Waals surface area contributed by atoms with Crippen LogP contribution < -0.4 is 10.1 Å². The van der Waals surface area contributed by atoms with E-state index in [1.54, 1.807) is 6.08 Å². The zero-order valence-electron chi connectivity index (χ0n) is 19.5. The van der Waals surface area contributed by atoms with E-state index >= 15 is 0 Å². The summed E-state index contributed by atoms with van der Waals surface area (Å²) in [6.07, 6.45) is 4.02. The summed E-state index contributed by atoms with van der Waals surface area (Å²) < 4.78 is 5.77. The third-order valence-corrected chi connectivity index (χ3v) is 6.00. The summed E-state index contributed by atoms with van der Waals surface area (Å²) in [6, 6.07) is 7.96. The second-order valence-corrected chi connectivity index (χ2v) is 8.11. The molecule has 2 aliphatic heterocycles. The number of benzene rings is 1. The minimum atomic E-state index is -0.0475. The van der Waals surface area contributed by atoms with Crippen LogP contribution in [0.25, 0.3) is 0 Å². The van der Waals surface area contributed by atoms with Crippen molar-refractivity contribution in [2.75, 3.05) is 52.4 Å². The second kappa shape index (κ2) is 13.7. The van der Waals surface area contributed by atoms with Crippen LogP contribution in [0.15, 0.2) is 41.9 Å². The first-order valence-corrected chi connectivity index (χ1v) is 11.5. The van der Waals surface area contributed by atoms with Crippen LogP contribution in [-0.4, -0.2) is 85.0 Å². The predicted molar refractivity (Wildman–Crippen MR) is 141 cm³/mol. The Morgan fingerprint density at radius 1 is 1.16 bits per heavy atom. The van der Waals surface area contributed by atoms with E-state index in [9.17, 15) is 4.79 Å². The van der Waals surface area contributed by atoms with Gasteiger partial charge in [-0.3, -0.25) is 9.69 Å². The Morgan fingerprint density at radius 3 is 2.50 bits per heavy atom. The summed E-state index contributed by atoms with van der Waals surface area (Å²) in [5, 5.41) is 3.42. The highest BCUT2D eigenvalue weighted by Crippen LogP contribution is 2.19. The van der Waals surface area contributed by atoms with Crippen LogP contribution in [0.3, 0.4) is 0 Å². The molecule has 1 unspecified atom stereocenters. The fraction of sp³-hybridized carbons (Fsp3) is 0.583. The van der Waals surface area contributed by atoms with E-state index in [1.807, 2.05) is 23.1 Å². The number of rotatable bonds is 8. The maximum absolute atomic E-state index is 12.7. The third-order valence-electron chi connectivity index (χ3n) is 6.00. The molecule has 178 valence electrons. The van der Waals surface area contributed by atoms with Crippen LogP contribution in [0, 0.1) is 0 Å². The molecular weight excluding hydrogens is 517 g/mol. The van der Waals surface area contributed by atoms with E-state index in [-0.39, 0.29) is 35.9 Å². The topological polar surface area (TPSA) is 60.4 Å². The fourth-order valence-corrected chi connectivity index (χ4v) is 4.19. The molecule has 0 bridgehead atoms. The summed E-state index contributed by atoms with van der Waals surface area (Å²) in [7, 11) is 0. The molecule has 3 rings (SSSR count). The number of nitrogens with one attached hydrogen (secondary N) is 1. The van der Waals surface area contributed by atoms with E-state index in [0.29, 0.717) is 13.2 Å². The Labute approximate surface area is 209 Å². The van der Waals surface area contributed by atoms with Crippen molar-refractivity contribution in [2.45, 2.75) is 39.3 Å². The van der Waals surface area contributed by atoms with Crippen LogP contribution >= 0.6 is 24.0 Å². The number of ether oxygens (including phenoxy) is 1. The lowest BCUT2D eigenvalue weighted by atomic mass is 10.2. The molecule has 1 N–H and O–H groups in total. The first kappa shape index (κ1) is 26.4. The average molecular weight is 556 g/mol. The van der Waals surface area contributed by atoms with Crippen molar-refractivity contribution < 1.29 is 9.53 Å². The van der Waals surface area contributed by atoms with Crippen LogP contribution in [0.1, 0.15) is 32.3 Å². The summed E-state index contributed by atoms with van der Waals surface area (Å²) in [5.41, 5.74) is 1.06. The van der Waals surface area contributed by atoms with Crippen molar-refractivity contribution in [3.63, 3.8) is 0 Å². The molecule has 0 saturated carbocycles. The SMILES string of the molecule is C=CCOc1ccccc1CN=C(NCC)N1CCN(C(C)C(=O)N2CCCC2)CC1.I. The van der Waals surface area contributed by atoms with E-state index < -0.39 is 0 Å². The van der Waals surface area contributed by atoms with Crippen molar-refractivity contribution in [3.05, 3.63) is 42.5 Å². The first-order valence-electron chi connectivity index (χ1n) is 11.5. The largest absolute Gasteiger partial charge is 0.489 e. The van der Waals surface area contributed by atoms with Gasteiger partial charge in [0.2, 0.25) is 5.91 Å². The highest BCUT2D eigenvalue weighted by molar-refractivity contribution is 14.0. The van der Waals surface area contributed by atoms with Gasteiger partial charge in [0.05, 0.1) is 12.6 Å². The molecule has 0 aromatic heterocycles. The number of nitrogens with zero attached hydrogens (tertiary/aromatic N) is 4. The molecule has 2 saturated heterocycles. The molecule has 1 atom stereocenters. The van der Waals surface area contributed by atoms with E-state index in [4.69, 9.17) is 9.73 Å². The molecule has 2 heterocycles. The molecule has 2 aliphatic rings. The Balaban J connectivity index is 0.00000363. The van der Waals surface area contributed by atoms with Gasteiger partial charge in [-0.15, -0.1) is 24.0 Å². The van der Waals surface area contributed by atoms with Crippen LogP contribution in [-0.2, 0) is 11.3 Å². The van der Waals surface area contributed by atoms with Gasteiger partial charge >= 0.3 is 0 Å². The summed E-state index contributed by atoms with van der Waals surface area (Å²) in [5.74, 6) is 2.04. The standard InChI is InChI=1S/C24H37N5O2.HI/c1-4-18-31-22-11-7-6-10-21(22)19-26-24(25-5-2)29-16-14-27(15-17-29)20(3)23(30)28-12-8-9-13-28;/h4,6-7,10-11,20H,1,5,8-9,12-19H2,2-3H3,(H,25,26);1H. The van der Waals surface area contributed by atoms with Gasteiger partial charge in [-0.25, -0.2) is 4.99 Å². The van der Waals surface area contributed by atoms with Gasteiger partial charge in [0.1, 0.15) is 12.4 Å². The number of piperazine rings is 1. The summed E-state index contributed by atoms with van der Waals surface area (Å²) in [4.78, 5) is 24.2. The van der Waals surface area contributed by atoms with Crippen molar-refractivity contribution in [1.29, 1.82) is 0 Å². The van der Waals surface area contributed by atoms with Gasteiger partial charge in [-0.2, -0.15) is 0 Å². The number of carbonyl (C=O) groups excluding carboxylic acids is 1. The quantitative estimate of drug-likeness (QED) is 0.232. The number of aliphatic imine (C=N–C) groups is 1. The minimum Gasteiger partial charge on any atom is -0.489 e. The molecule has 2 fully saturated rings. The lowest BCUT2D eigenvalue weighted by Gasteiger charge is -2.39. The smallest absolute Gasteiger partial charge is 0.239 e. The Bertz CT molecular complexity index is 759. The molecular formula is C24H38IN5O2. The van der Waals surface area contributed by atoms with Gasteiger partial charge in [-0.05, 0) is 32.8 Å². The highest BCUT2D eigenvalue weighted by Gasteiger charge is 2.30. The monoisotopic (exact) mass is 555 g/mol. The van der Waals surface area contributed by atoms with Crippen molar-refractivity contribution >= 4 is 35.8 Å². The zero-order chi connectivity index (χ0) is 22.1. The normalized spacial score (nSPS) is 18.1. The second-order valence-electron chi connectivity index (χ2n) is 8.11. The van der Waals surface area contributed by atoms with E-state index in [0.717, 1.165) is 75.9 Å². The number of guanidine groups is 1. The molecule has 0 aliphatic carbocycles. The Hall–Kier alpha value is -1.81. The molecule has 32 heavy (non-hydrogen) atoms. The van der Waals surface area contributed by atoms with Crippen LogP contribution in [0.4, 0.5) is 0 Å². The number of amides is 1. The molecule has 0 spiro atoms. The van der Waals surface area contributed by atoms with Crippen LogP contribution in [0.5, 0.6) is 5.75 Å². The summed E-state index contributed by atoms with van der Waals surface area (Å²) >= 11 is 0. The van der Waals surface area contributed by atoms with Crippen LogP contribution in [0.2, 0.25) is 0 Å². The van der Waals surface area contributed by atoms with Gasteiger partial charge in [-0.1, -0.05) is 30.9 Å². The number of likely N-dealkylation sites (tertiary alicyclic amines) is 1. The maximum atomic E-state index is 12.7. The molecule has 8 heteroatoms. The Kier molecular flexibility index (Phi) is 11.3. The van der Waals surface area contributed by atoms with Gasteiger partial charge in [0, 0.05) is 51.4 Å². The zero-order valence-corrected chi connectivity index (χ0v) is 21.8. The average Bonchev–Trinajstić information content (AvgIpc) is 3.35. The highest BCUT2D eigenvalue weighted by atomic mass is 127. The van der Waals surface area contributed by atoms with Crippen molar-refractivity contribution in [2.24, 2.45) is 4.99 Å². The van der Waals surface area contributed by atoms with Gasteiger partial charge in [0.25, 0.3) is 0 Å². The molecule has 0 radical (unpaired) electrons. The van der Waals surface area contributed by atoms with Crippen molar-refractivity contribution in [1.82, 2.24) is 20.0 Å². The Morgan fingerprint density at radius 2 is 1.84 bits per heavy atom. The molecule has 1 amide bonds. The first-order chi connectivity index (χ1) is 15.1. The molecule has 7 nitrogen and oxygen atoms in total. The number of para-hydroxylation sites is 1. The van der Waals surface area contributed by atoms with E-state index in [2.05, 4.69) is 41.6 Å². The molecule has 1 aromatic carbocycles. The number of carbonyl (C=O) groups is 1. The lowest BCUT2D eigenvalue weighted by Crippen LogP contribution is -2.57. The minimum absolute atomic E-state index is 0. The number of halogens is 1.